The van der Waals surface area contributed by atoms with E-state index in [1.54, 1.807) is 0 Å². The monoisotopic (exact) mass is 319 g/mol. The summed E-state index contributed by atoms with van der Waals surface area (Å²) < 4.78 is 21.4. The zero-order valence-corrected chi connectivity index (χ0v) is 10.3. The molecule has 13 heavy (non-hydrogen) atoms. The topological polar surface area (TPSA) is 98.5 Å². The van der Waals surface area contributed by atoms with Crippen LogP contribution in [0.1, 0.15) is 6.42 Å². The maximum atomic E-state index is 10.7. The Hall–Kier alpha value is -0.0500. The predicted octanol–water partition coefficient (Wildman–Crippen LogP) is -0.687. The van der Waals surface area contributed by atoms with Crippen molar-refractivity contribution in [1.29, 1.82) is 0 Å². The van der Waals surface area contributed by atoms with Gasteiger partial charge < -0.3 is 11.5 Å². The van der Waals surface area contributed by atoms with Gasteiger partial charge in [-0.25, -0.2) is 8.42 Å². The normalized spacial score (nSPS) is 19.7. The molecule has 0 atom stereocenters. The van der Waals surface area contributed by atoms with Crippen molar-refractivity contribution in [1.82, 2.24) is 0 Å². The smallest absolute Gasteiger partial charge is 0.185 e. The van der Waals surface area contributed by atoms with Crippen LogP contribution in [0, 0.1) is 5.92 Å². The van der Waals surface area contributed by atoms with Crippen LogP contribution >= 0.6 is 24.0 Å². The van der Waals surface area contributed by atoms with Crippen molar-refractivity contribution in [2.75, 3.05) is 18.1 Å². The Kier molecular flexibility index (Phi) is 4.97. The molecular formula is C6H14IN3O2S. The SMILES string of the molecule is I.NC(N)=NCCC1CS(=O)(=O)C1. The van der Waals surface area contributed by atoms with Crippen LogP contribution in [0.25, 0.3) is 0 Å². The Bertz CT molecular complexity index is 272. The highest BCUT2D eigenvalue weighted by atomic mass is 127. The number of nitrogens with zero attached hydrogens (tertiary/aromatic N) is 1. The van der Waals surface area contributed by atoms with Crippen LogP contribution in [0.4, 0.5) is 0 Å². The second-order valence-electron chi connectivity index (χ2n) is 3.04. The molecule has 0 aromatic heterocycles. The highest BCUT2D eigenvalue weighted by Gasteiger charge is 2.32. The molecule has 5 nitrogen and oxygen atoms in total. The summed E-state index contributed by atoms with van der Waals surface area (Å²) in [6, 6.07) is 0. The van der Waals surface area contributed by atoms with Crippen LogP contribution in [0.5, 0.6) is 0 Å². The van der Waals surface area contributed by atoms with Crippen LogP contribution < -0.4 is 11.5 Å². The third-order valence-electron chi connectivity index (χ3n) is 1.81. The predicted molar refractivity (Wildman–Crippen MR) is 62.9 cm³/mol. The number of guanidine groups is 1. The van der Waals surface area contributed by atoms with Crippen molar-refractivity contribution in [3.8, 4) is 0 Å². The summed E-state index contributed by atoms with van der Waals surface area (Å²) in [5.74, 6) is 0.926. The lowest BCUT2D eigenvalue weighted by Crippen LogP contribution is -2.36. The molecule has 0 aromatic rings. The van der Waals surface area contributed by atoms with Crippen LogP contribution in [-0.2, 0) is 9.84 Å². The van der Waals surface area contributed by atoms with E-state index in [4.69, 9.17) is 11.5 Å². The minimum absolute atomic E-state index is 0. The van der Waals surface area contributed by atoms with Gasteiger partial charge in [-0.3, -0.25) is 4.99 Å². The fourth-order valence-electron chi connectivity index (χ4n) is 1.21. The van der Waals surface area contributed by atoms with Gasteiger partial charge in [-0.15, -0.1) is 24.0 Å². The summed E-state index contributed by atoms with van der Waals surface area (Å²) >= 11 is 0. The summed E-state index contributed by atoms with van der Waals surface area (Å²) in [6.45, 7) is 0.530. The van der Waals surface area contributed by atoms with Crippen molar-refractivity contribution in [2.45, 2.75) is 6.42 Å². The Balaban J connectivity index is 0.00000144. The summed E-state index contributed by atoms with van der Waals surface area (Å²) in [5, 5.41) is 0. The molecule has 1 heterocycles. The highest BCUT2D eigenvalue weighted by Crippen LogP contribution is 2.21. The molecule has 1 saturated heterocycles. The van der Waals surface area contributed by atoms with Gasteiger partial charge in [0.25, 0.3) is 0 Å². The molecule has 0 radical (unpaired) electrons. The van der Waals surface area contributed by atoms with E-state index in [2.05, 4.69) is 4.99 Å². The number of aliphatic imine (C=N–C) groups is 1. The van der Waals surface area contributed by atoms with Gasteiger partial charge in [0, 0.05) is 6.54 Å². The van der Waals surface area contributed by atoms with Gasteiger partial charge in [0.1, 0.15) is 0 Å². The first-order valence-electron chi connectivity index (χ1n) is 3.75. The Morgan fingerprint density at radius 2 is 1.92 bits per heavy atom. The van der Waals surface area contributed by atoms with E-state index < -0.39 is 9.84 Å². The average molecular weight is 319 g/mol. The Labute approximate surface area is 94.9 Å². The van der Waals surface area contributed by atoms with Crippen molar-refractivity contribution >= 4 is 39.8 Å². The summed E-state index contributed by atoms with van der Waals surface area (Å²) in [6.07, 6.45) is 0.761. The quantitative estimate of drug-likeness (QED) is 0.409. The first kappa shape index (κ1) is 12.9. The van der Waals surface area contributed by atoms with Crippen molar-refractivity contribution in [3.63, 3.8) is 0 Å². The Morgan fingerprint density at radius 3 is 2.31 bits per heavy atom. The standard InChI is InChI=1S/C6H13N3O2S.HI/c7-6(8)9-2-1-5-3-12(10,11)4-5;/h5H,1-4H2,(H4,7,8,9);1H. The molecule has 0 saturated carbocycles. The van der Waals surface area contributed by atoms with E-state index >= 15 is 0 Å². The molecule has 0 aromatic carbocycles. The largest absolute Gasteiger partial charge is 0.370 e. The second kappa shape index (κ2) is 4.99. The molecule has 1 aliphatic rings. The summed E-state index contributed by atoms with van der Waals surface area (Å²) in [7, 11) is -2.69. The molecule has 0 bridgehead atoms. The number of rotatable bonds is 3. The maximum absolute atomic E-state index is 10.7. The number of nitrogens with two attached hydrogens (primary N) is 2. The van der Waals surface area contributed by atoms with Crippen LogP contribution in [0.3, 0.4) is 0 Å². The summed E-state index contributed by atoms with van der Waals surface area (Å²) in [5.41, 5.74) is 10.2. The minimum Gasteiger partial charge on any atom is -0.370 e. The Morgan fingerprint density at radius 1 is 1.38 bits per heavy atom. The first-order chi connectivity index (χ1) is 5.49. The zero-order chi connectivity index (χ0) is 9.19. The van der Waals surface area contributed by atoms with E-state index in [0.717, 1.165) is 6.42 Å². The minimum atomic E-state index is -2.69. The van der Waals surface area contributed by atoms with E-state index in [1.807, 2.05) is 0 Å². The molecule has 78 valence electrons. The molecule has 4 N–H and O–H groups in total. The molecule has 0 spiro atoms. The molecule has 1 rings (SSSR count). The van der Waals surface area contributed by atoms with Gasteiger partial charge in [0.05, 0.1) is 11.5 Å². The van der Waals surface area contributed by atoms with Gasteiger partial charge in [-0.05, 0) is 12.3 Å². The van der Waals surface area contributed by atoms with Crippen molar-refractivity contribution < 1.29 is 8.42 Å². The van der Waals surface area contributed by atoms with Gasteiger partial charge in [-0.1, -0.05) is 0 Å². The van der Waals surface area contributed by atoms with E-state index in [1.165, 1.54) is 0 Å². The molecule has 1 fully saturated rings. The summed E-state index contributed by atoms with van der Waals surface area (Å²) in [4.78, 5) is 3.77. The lowest BCUT2D eigenvalue weighted by atomic mass is 10.1. The highest BCUT2D eigenvalue weighted by molar-refractivity contribution is 14.0. The third-order valence-corrected chi connectivity index (χ3v) is 3.77. The van der Waals surface area contributed by atoms with E-state index in [9.17, 15) is 8.42 Å². The zero-order valence-electron chi connectivity index (χ0n) is 7.14. The van der Waals surface area contributed by atoms with Crippen LogP contribution in [-0.4, -0.2) is 32.4 Å². The van der Waals surface area contributed by atoms with E-state index in [-0.39, 0.29) is 35.9 Å². The van der Waals surface area contributed by atoms with Crippen molar-refractivity contribution in [2.24, 2.45) is 22.4 Å². The lowest BCUT2D eigenvalue weighted by molar-refractivity contribution is 0.503. The van der Waals surface area contributed by atoms with Crippen molar-refractivity contribution in [3.05, 3.63) is 0 Å². The second-order valence-corrected chi connectivity index (χ2v) is 5.19. The van der Waals surface area contributed by atoms with Gasteiger partial charge >= 0.3 is 0 Å². The maximum Gasteiger partial charge on any atom is 0.185 e. The number of hydrogen-bond donors (Lipinski definition) is 2. The fourth-order valence-corrected chi connectivity index (χ4v) is 2.88. The van der Waals surface area contributed by atoms with Gasteiger partial charge in [0.2, 0.25) is 0 Å². The average Bonchev–Trinajstić information content (AvgIpc) is 1.82. The number of sulfone groups is 1. The number of hydrogen-bond acceptors (Lipinski definition) is 3. The van der Waals surface area contributed by atoms with E-state index in [0.29, 0.717) is 18.1 Å². The molecule has 0 aliphatic carbocycles. The first-order valence-corrected chi connectivity index (χ1v) is 5.57. The molecular weight excluding hydrogens is 305 g/mol. The third kappa shape index (κ3) is 4.65. The lowest BCUT2D eigenvalue weighted by Gasteiger charge is -2.24. The molecule has 0 unspecified atom stereocenters. The molecule has 1 aliphatic heterocycles. The molecule has 7 heteroatoms. The fraction of sp³-hybridized carbons (Fsp3) is 0.833. The van der Waals surface area contributed by atoms with Gasteiger partial charge in [0.15, 0.2) is 15.8 Å². The number of halogens is 1. The van der Waals surface area contributed by atoms with Gasteiger partial charge in [-0.2, -0.15) is 0 Å². The van der Waals surface area contributed by atoms with Crippen LogP contribution in [0.15, 0.2) is 4.99 Å². The van der Waals surface area contributed by atoms with Crippen LogP contribution in [0.2, 0.25) is 0 Å². The molecule has 0 amide bonds.